The number of amides is 1. The number of rotatable bonds is 7. The van der Waals surface area contributed by atoms with Gasteiger partial charge in [0.2, 0.25) is 0 Å². The van der Waals surface area contributed by atoms with E-state index in [1.54, 1.807) is 18.4 Å². The van der Waals surface area contributed by atoms with Crippen LogP contribution in [-0.2, 0) is 11.3 Å². The molecule has 0 fully saturated rings. The zero-order valence-corrected chi connectivity index (χ0v) is 17.5. The van der Waals surface area contributed by atoms with Crippen molar-refractivity contribution in [2.45, 2.75) is 20.4 Å². The summed E-state index contributed by atoms with van der Waals surface area (Å²) in [6.07, 6.45) is 3.97. The number of aromatic nitrogens is 4. The second-order valence-electron chi connectivity index (χ2n) is 6.81. The van der Waals surface area contributed by atoms with E-state index in [9.17, 15) is 4.79 Å². The summed E-state index contributed by atoms with van der Waals surface area (Å²) in [6, 6.07) is 7.72. The van der Waals surface area contributed by atoms with Gasteiger partial charge in [-0.3, -0.25) is 4.79 Å². The van der Waals surface area contributed by atoms with Crippen LogP contribution in [0.1, 0.15) is 26.9 Å². The summed E-state index contributed by atoms with van der Waals surface area (Å²) in [5.74, 6) is 0.786. The van der Waals surface area contributed by atoms with Crippen LogP contribution in [0.25, 0.3) is 16.9 Å². The Hall–Kier alpha value is -2.97. The number of carbonyl (C=O) groups is 1. The molecule has 0 aliphatic heterocycles. The molecule has 4 aromatic heterocycles. The summed E-state index contributed by atoms with van der Waals surface area (Å²) in [4.78, 5) is 22.0. The fourth-order valence-electron chi connectivity index (χ4n) is 3.34. The van der Waals surface area contributed by atoms with E-state index in [4.69, 9.17) is 9.72 Å². The first-order chi connectivity index (χ1) is 14.1. The lowest BCUT2D eigenvalue weighted by molar-refractivity contribution is 0.0939. The van der Waals surface area contributed by atoms with E-state index in [1.165, 1.54) is 0 Å². The van der Waals surface area contributed by atoms with Gasteiger partial charge in [0.1, 0.15) is 11.5 Å². The van der Waals surface area contributed by atoms with Crippen LogP contribution >= 0.6 is 11.3 Å². The van der Waals surface area contributed by atoms with Crippen LogP contribution in [-0.4, -0.2) is 45.1 Å². The van der Waals surface area contributed by atoms with E-state index in [1.807, 2.05) is 54.9 Å². The summed E-state index contributed by atoms with van der Waals surface area (Å²) < 4.78 is 9.11. The van der Waals surface area contributed by atoms with E-state index in [0.717, 1.165) is 33.4 Å². The molecule has 4 rings (SSSR count). The first-order valence-electron chi connectivity index (χ1n) is 9.39. The average molecular weight is 410 g/mol. The van der Waals surface area contributed by atoms with Gasteiger partial charge < -0.3 is 19.0 Å². The number of thiazole rings is 1. The lowest BCUT2D eigenvalue weighted by atomic mass is 10.2. The van der Waals surface area contributed by atoms with Gasteiger partial charge in [-0.1, -0.05) is 6.07 Å². The van der Waals surface area contributed by atoms with Gasteiger partial charge in [0, 0.05) is 31.4 Å². The van der Waals surface area contributed by atoms with Crippen LogP contribution in [0.5, 0.6) is 0 Å². The second kappa shape index (κ2) is 8.18. The monoisotopic (exact) mass is 409 g/mol. The number of imidazole rings is 1. The molecule has 0 saturated heterocycles. The van der Waals surface area contributed by atoms with Crippen molar-refractivity contribution in [2.75, 3.05) is 20.3 Å². The number of aryl methyl sites for hydroxylation is 2. The van der Waals surface area contributed by atoms with Crippen LogP contribution in [0.4, 0.5) is 0 Å². The number of ether oxygens (including phenoxy) is 1. The predicted octanol–water partition coefficient (Wildman–Crippen LogP) is 3.30. The molecule has 0 aliphatic carbocycles. The molecule has 0 spiro atoms. The number of fused-ring (bicyclic) bond motifs is 1. The molecule has 1 amide bonds. The zero-order valence-electron chi connectivity index (χ0n) is 16.7. The normalized spacial score (nSPS) is 11.3. The minimum atomic E-state index is -0.119. The van der Waals surface area contributed by atoms with Crippen molar-refractivity contribution in [3.05, 3.63) is 64.1 Å². The Morgan fingerprint density at radius 2 is 2.14 bits per heavy atom. The fourth-order valence-corrected chi connectivity index (χ4v) is 3.95. The molecule has 0 aliphatic rings. The Kier molecular flexibility index (Phi) is 5.46. The molecule has 0 saturated carbocycles. The van der Waals surface area contributed by atoms with Crippen molar-refractivity contribution in [3.63, 3.8) is 0 Å². The van der Waals surface area contributed by atoms with Crippen molar-refractivity contribution in [3.8, 4) is 11.4 Å². The van der Waals surface area contributed by atoms with Gasteiger partial charge in [0.15, 0.2) is 0 Å². The molecule has 0 bridgehead atoms. The van der Waals surface area contributed by atoms with Gasteiger partial charge in [-0.15, -0.1) is 11.3 Å². The molecule has 4 aromatic rings. The quantitative estimate of drug-likeness (QED) is 0.475. The molecule has 150 valence electrons. The minimum absolute atomic E-state index is 0.119. The lowest BCUT2D eigenvalue weighted by Gasteiger charge is -2.03. The van der Waals surface area contributed by atoms with Gasteiger partial charge in [-0.25, -0.2) is 9.97 Å². The maximum Gasteiger partial charge on any atom is 0.253 e. The number of nitrogens with zero attached hydrogens (tertiary/aromatic N) is 4. The molecule has 0 aromatic carbocycles. The van der Waals surface area contributed by atoms with Gasteiger partial charge in [0.05, 0.1) is 40.6 Å². The van der Waals surface area contributed by atoms with E-state index in [2.05, 4.69) is 20.2 Å². The molecule has 7 nitrogen and oxygen atoms in total. The van der Waals surface area contributed by atoms with Crippen molar-refractivity contribution in [1.29, 1.82) is 0 Å². The van der Waals surface area contributed by atoms with E-state index in [-0.39, 0.29) is 5.91 Å². The number of methoxy groups -OCH3 is 1. The van der Waals surface area contributed by atoms with E-state index in [0.29, 0.717) is 25.3 Å². The van der Waals surface area contributed by atoms with Gasteiger partial charge in [-0.2, -0.15) is 0 Å². The summed E-state index contributed by atoms with van der Waals surface area (Å²) in [5.41, 5.74) is 4.21. The Bertz CT molecular complexity index is 1160. The van der Waals surface area contributed by atoms with Crippen LogP contribution in [0, 0.1) is 13.8 Å². The number of nitrogens with one attached hydrogen (secondary N) is 1. The first kappa shape index (κ1) is 19.4. The fraction of sp³-hybridized carbons (Fsp3) is 0.286. The summed E-state index contributed by atoms with van der Waals surface area (Å²) in [7, 11) is 1.61. The molecular weight excluding hydrogens is 386 g/mol. The highest BCUT2D eigenvalue weighted by atomic mass is 32.1. The van der Waals surface area contributed by atoms with Crippen LogP contribution < -0.4 is 5.32 Å². The topological polar surface area (TPSA) is 73.4 Å². The highest BCUT2D eigenvalue weighted by Crippen LogP contribution is 2.26. The third kappa shape index (κ3) is 3.94. The third-order valence-electron chi connectivity index (χ3n) is 4.75. The molecule has 0 radical (unpaired) electrons. The molecule has 1 N–H and O–H groups in total. The zero-order chi connectivity index (χ0) is 20.4. The van der Waals surface area contributed by atoms with Crippen LogP contribution in [0.3, 0.4) is 0 Å². The highest BCUT2D eigenvalue weighted by Gasteiger charge is 2.18. The van der Waals surface area contributed by atoms with Gasteiger partial charge in [0.25, 0.3) is 5.91 Å². The number of hydrogen-bond donors (Lipinski definition) is 1. The lowest BCUT2D eigenvalue weighted by Crippen LogP contribution is -2.26. The highest BCUT2D eigenvalue weighted by molar-refractivity contribution is 7.09. The second-order valence-corrected chi connectivity index (χ2v) is 7.87. The van der Waals surface area contributed by atoms with Gasteiger partial charge >= 0.3 is 0 Å². The molecule has 0 atom stereocenters. The Labute approximate surface area is 173 Å². The SMILES string of the molecule is COCCNC(=O)c1cc(-c2cn(Cc3csc(C)n3)c(C)n2)n2ccccc12. The number of hydrogen-bond acceptors (Lipinski definition) is 5. The average Bonchev–Trinajstić information content (AvgIpc) is 3.39. The summed E-state index contributed by atoms with van der Waals surface area (Å²) in [5, 5.41) is 6.03. The van der Waals surface area contributed by atoms with Crippen molar-refractivity contribution in [2.24, 2.45) is 0 Å². The van der Waals surface area contributed by atoms with Crippen LogP contribution in [0.15, 0.2) is 42.0 Å². The molecule has 0 unspecified atom stereocenters. The summed E-state index contributed by atoms with van der Waals surface area (Å²) in [6.45, 7) is 5.61. The maximum absolute atomic E-state index is 12.7. The first-order valence-corrected chi connectivity index (χ1v) is 10.3. The van der Waals surface area contributed by atoms with Gasteiger partial charge in [-0.05, 0) is 32.0 Å². The Morgan fingerprint density at radius 1 is 1.28 bits per heavy atom. The number of carbonyl (C=O) groups excluding carboxylic acids is 1. The van der Waals surface area contributed by atoms with E-state index >= 15 is 0 Å². The van der Waals surface area contributed by atoms with Crippen molar-refractivity contribution < 1.29 is 9.53 Å². The standard InChI is InChI=1S/C21H23N5O2S/c1-14-23-18(12-25(14)11-16-13-29-15(2)24-16)20-10-17(21(27)22-7-9-28-3)19-6-4-5-8-26(19)20/h4-6,8,10,12-13H,7,9,11H2,1-3H3,(H,22,27). The Balaban J connectivity index is 1.69. The molecule has 8 heteroatoms. The molecule has 29 heavy (non-hydrogen) atoms. The smallest absolute Gasteiger partial charge is 0.253 e. The predicted molar refractivity (Wildman–Crippen MR) is 114 cm³/mol. The van der Waals surface area contributed by atoms with Crippen molar-refractivity contribution >= 4 is 22.8 Å². The summed E-state index contributed by atoms with van der Waals surface area (Å²) >= 11 is 1.65. The molecular formula is C21H23N5O2S. The van der Waals surface area contributed by atoms with Crippen molar-refractivity contribution in [1.82, 2.24) is 24.3 Å². The van der Waals surface area contributed by atoms with E-state index < -0.39 is 0 Å². The molecule has 4 heterocycles. The third-order valence-corrected chi connectivity index (χ3v) is 5.57. The Morgan fingerprint density at radius 3 is 2.90 bits per heavy atom. The van der Waals surface area contributed by atoms with Crippen LogP contribution in [0.2, 0.25) is 0 Å². The largest absolute Gasteiger partial charge is 0.383 e. The maximum atomic E-state index is 12.7. The minimum Gasteiger partial charge on any atom is -0.383 e. The number of pyridine rings is 1.